The highest BCUT2D eigenvalue weighted by atomic mass is 16.6. The Bertz CT molecular complexity index is 375. The third kappa shape index (κ3) is 4.76. The molecule has 7 nitrogen and oxygen atoms in total. The van der Waals surface area contributed by atoms with Crippen LogP contribution in [0, 0.1) is 0 Å². The molecular weight excluding hydrogens is 252 g/mol. The van der Waals surface area contributed by atoms with Gasteiger partial charge in [-0.05, 0) is 33.6 Å². The second kappa shape index (κ2) is 5.90. The van der Waals surface area contributed by atoms with E-state index in [1.54, 1.807) is 20.8 Å². The predicted molar refractivity (Wildman–Crippen MR) is 66.1 cm³/mol. The van der Waals surface area contributed by atoms with Crippen LogP contribution in [0.25, 0.3) is 0 Å². The molecule has 0 aromatic rings. The Labute approximate surface area is 112 Å². The van der Waals surface area contributed by atoms with Crippen molar-refractivity contribution in [3.63, 3.8) is 0 Å². The number of amides is 2. The Kier molecular flexibility index (Phi) is 4.74. The lowest BCUT2D eigenvalue weighted by Gasteiger charge is -2.27. The molecule has 1 rings (SSSR count). The molecule has 1 unspecified atom stereocenters. The predicted octanol–water partition coefficient (Wildman–Crippen LogP) is 0.414. The average Bonchev–Trinajstić information content (AvgIpc) is 2.72. The first-order valence-electron chi connectivity index (χ1n) is 6.15. The maximum absolute atomic E-state index is 11.9. The number of nitrogens with zero attached hydrogens (tertiary/aromatic N) is 1. The number of nitrogens with two attached hydrogens (primary N) is 1. The monoisotopic (exact) mass is 272 g/mol. The Balaban J connectivity index is 2.60. The number of likely N-dealkylation sites (tertiary alicyclic amines) is 1. The first kappa shape index (κ1) is 15.3. The summed E-state index contributed by atoms with van der Waals surface area (Å²) >= 11 is 0. The van der Waals surface area contributed by atoms with Gasteiger partial charge in [-0.1, -0.05) is 0 Å². The van der Waals surface area contributed by atoms with Crippen LogP contribution in [0.3, 0.4) is 0 Å². The normalized spacial score (nSPS) is 19.1. The third-order valence-electron chi connectivity index (χ3n) is 2.51. The molecule has 0 bridgehead atoms. The molecule has 2 N–H and O–H groups in total. The molecule has 108 valence electrons. The second-order valence-corrected chi connectivity index (χ2v) is 5.41. The van der Waals surface area contributed by atoms with Crippen molar-refractivity contribution in [1.29, 1.82) is 0 Å². The molecule has 1 saturated heterocycles. The summed E-state index contributed by atoms with van der Waals surface area (Å²) in [6, 6.07) is -0.700. The molecule has 1 fully saturated rings. The molecule has 0 saturated carbocycles. The minimum atomic E-state index is -0.727. The number of esters is 1. The van der Waals surface area contributed by atoms with Gasteiger partial charge in [0.1, 0.15) is 11.6 Å². The summed E-state index contributed by atoms with van der Waals surface area (Å²) in [6.45, 7) is 5.22. The van der Waals surface area contributed by atoms with E-state index < -0.39 is 36.2 Å². The first-order valence-corrected chi connectivity index (χ1v) is 6.15. The van der Waals surface area contributed by atoms with Gasteiger partial charge in [-0.3, -0.25) is 9.69 Å². The fourth-order valence-electron chi connectivity index (χ4n) is 1.79. The van der Waals surface area contributed by atoms with Crippen LogP contribution in [0.15, 0.2) is 0 Å². The van der Waals surface area contributed by atoms with Crippen molar-refractivity contribution in [1.82, 2.24) is 4.90 Å². The van der Waals surface area contributed by atoms with Crippen molar-refractivity contribution in [2.24, 2.45) is 5.73 Å². The van der Waals surface area contributed by atoms with Crippen molar-refractivity contribution < 1.29 is 23.9 Å². The van der Waals surface area contributed by atoms with Gasteiger partial charge in [-0.25, -0.2) is 9.59 Å². The summed E-state index contributed by atoms with van der Waals surface area (Å²) in [6.07, 6.45) is 0.637. The highest BCUT2D eigenvalue weighted by Crippen LogP contribution is 2.21. The van der Waals surface area contributed by atoms with E-state index in [0.717, 1.165) is 0 Å². The molecule has 1 aliphatic heterocycles. The molecular formula is C12H20N2O5. The summed E-state index contributed by atoms with van der Waals surface area (Å²) in [4.78, 5) is 35.6. The van der Waals surface area contributed by atoms with Crippen LogP contribution in [0.5, 0.6) is 0 Å². The number of rotatable bonds is 3. The van der Waals surface area contributed by atoms with Crippen LogP contribution in [-0.2, 0) is 19.1 Å². The summed E-state index contributed by atoms with van der Waals surface area (Å²) in [7, 11) is 0. The molecule has 7 heteroatoms. The van der Waals surface area contributed by atoms with Gasteiger partial charge in [0.25, 0.3) is 5.91 Å². The van der Waals surface area contributed by atoms with E-state index in [1.165, 1.54) is 4.90 Å². The minimum absolute atomic E-state index is 0.436. The van der Waals surface area contributed by atoms with Gasteiger partial charge >= 0.3 is 12.1 Å². The largest absolute Gasteiger partial charge is 0.454 e. The minimum Gasteiger partial charge on any atom is -0.454 e. The van der Waals surface area contributed by atoms with Crippen LogP contribution >= 0.6 is 0 Å². The molecule has 1 heterocycles. The number of primary amides is 1. The van der Waals surface area contributed by atoms with E-state index in [0.29, 0.717) is 19.4 Å². The van der Waals surface area contributed by atoms with Crippen molar-refractivity contribution in [2.45, 2.75) is 45.3 Å². The van der Waals surface area contributed by atoms with Gasteiger partial charge in [-0.2, -0.15) is 0 Å². The number of hydrogen-bond acceptors (Lipinski definition) is 5. The highest BCUT2D eigenvalue weighted by Gasteiger charge is 2.37. The summed E-state index contributed by atoms with van der Waals surface area (Å²) in [5.74, 6) is -1.35. The highest BCUT2D eigenvalue weighted by molar-refractivity contribution is 5.84. The lowest BCUT2D eigenvalue weighted by atomic mass is 10.2. The number of hydrogen-bond donors (Lipinski definition) is 1. The summed E-state index contributed by atoms with van der Waals surface area (Å²) in [5, 5.41) is 0. The van der Waals surface area contributed by atoms with E-state index in [-0.39, 0.29) is 0 Å². The van der Waals surface area contributed by atoms with Gasteiger partial charge in [0.15, 0.2) is 6.61 Å². The fraction of sp³-hybridized carbons (Fsp3) is 0.750. The standard InChI is InChI=1S/C12H20N2O5/c1-12(2,3)19-11(17)14-6-4-5-8(14)10(16)18-7-9(13)15/h8H,4-7H2,1-3H3,(H2,13,15). The number of carbonyl (C=O) groups is 3. The molecule has 1 atom stereocenters. The first-order chi connectivity index (χ1) is 8.70. The Morgan fingerprint density at radius 1 is 1.32 bits per heavy atom. The quantitative estimate of drug-likeness (QED) is 0.750. The van der Waals surface area contributed by atoms with E-state index >= 15 is 0 Å². The number of carbonyl (C=O) groups excluding carboxylic acids is 3. The van der Waals surface area contributed by atoms with Crippen LogP contribution in [-0.4, -0.2) is 47.7 Å². The van der Waals surface area contributed by atoms with Crippen molar-refractivity contribution in [2.75, 3.05) is 13.2 Å². The maximum Gasteiger partial charge on any atom is 0.411 e. The Hall–Kier alpha value is -1.79. The molecule has 2 amide bonds. The Morgan fingerprint density at radius 2 is 1.95 bits per heavy atom. The van der Waals surface area contributed by atoms with Crippen molar-refractivity contribution in [3.8, 4) is 0 Å². The smallest absolute Gasteiger partial charge is 0.411 e. The van der Waals surface area contributed by atoms with Crippen LogP contribution in [0.4, 0.5) is 4.79 Å². The van der Waals surface area contributed by atoms with Crippen molar-refractivity contribution >= 4 is 18.0 Å². The maximum atomic E-state index is 11.9. The van der Waals surface area contributed by atoms with Crippen LogP contribution < -0.4 is 5.73 Å². The summed E-state index contributed by atoms with van der Waals surface area (Å²) < 4.78 is 9.95. The average molecular weight is 272 g/mol. The topological polar surface area (TPSA) is 98.9 Å². The number of ether oxygens (including phenoxy) is 2. The van der Waals surface area contributed by atoms with Crippen molar-refractivity contribution in [3.05, 3.63) is 0 Å². The molecule has 0 aromatic heterocycles. The molecule has 0 radical (unpaired) electrons. The van der Waals surface area contributed by atoms with E-state index in [4.69, 9.17) is 15.2 Å². The lowest BCUT2D eigenvalue weighted by Crippen LogP contribution is -2.44. The van der Waals surface area contributed by atoms with E-state index in [9.17, 15) is 14.4 Å². The van der Waals surface area contributed by atoms with Gasteiger partial charge in [0, 0.05) is 6.54 Å². The van der Waals surface area contributed by atoms with Gasteiger partial charge < -0.3 is 15.2 Å². The van der Waals surface area contributed by atoms with Crippen LogP contribution in [0.1, 0.15) is 33.6 Å². The van der Waals surface area contributed by atoms with Gasteiger partial charge in [0.2, 0.25) is 0 Å². The zero-order valence-electron chi connectivity index (χ0n) is 11.5. The molecule has 0 spiro atoms. The van der Waals surface area contributed by atoms with E-state index in [2.05, 4.69) is 0 Å². The molecule has 0 aromatic carbocycles. The molecule has 19 heavy (non-hydrogen) atoms. The summed E-state index contributed by atoms with van der Waals surface area (Å²) in [5.41, 5.74) is 4.27. The lowest BCUT2D eigenvalue weighted by molar-refractivity contribution is -0.152. The fourth-order valence-corrected chi connectivity index (χ4v) is 1.79. The molecule has 0 aliphatic carbocycles. The molecule has 1 aliphatic rings. The zero-order valence-corrected chi connectivity index (χ0v) is 11.5. The SMILES string of the molecule is CC(C)(C)OC(=O)N1CCCC1C(=O)OCC(N)=O. The third-order valence-corrected chi connectivity index (χ3v) is 2.51. The van der Waals surface area contributed by atoms with Gasteiger partial charge in [0.05, 0.1) is 0 Å². The van der Waals surface area contributed by atoms with Gasteiger partial charge in [-0.15, -0.1) is 0 Å². The van der Waals surface area contributed by atoms with Crippen LogP contribution in [0.2, 0.25) is 0 Å². The Morgan fingerprint density at radius 3 is 2.47 bits per heavy atom. The van der Waals surface area contributed by atoms with E-state index in [1.807, 2.05) is 0 Å². The zero-order chi connectivity index (χ0) is 14.6. The second-order valence-electron chi connectivity index (χ2n) is 5.41.